The van der Waals surface area contributed by atoms with Crippen LogP contribution in [0.2, 0.25) is 0 Å². The lowest BCUT2D eigenvalue weighted by Crippen LogP contribution is -2.45. The molecule has 4 nitrogen and oxygen atoms in total. The summed E-state index contributed by atoms with van der Waals surface area (Å²) < 4.78 is 29.7. The third-order valence-corrected chi connectivity index (χ3v) is 4.72. The highest BCUT2D eigenvalue weighted by Crippen LogP contribution is 2.45. The van der Waals surface area contributed by atoms with Gasteiger partial charge in [0.05, 0.1) is 5.41 Å². The van der Waals surface area contributed by atoms with Gasteiger partial charge in [-0.2, -0.15) is 0 Å². The van der Waals surface area contributed by atoms with E-state index in [0.29, 0.717) is 43.3 Å². The Morgan fingerprint density at radius 2 is 1.71 bits per heavy atom. The highest BCUT2D eigenvalue weighted by Gasteiger charge is 2.47. The fraction of sp³-hybridized carbons (Fsp3) is 0.316. The zero-order valence-corrected chi connectivity index (χ0v) is 13.1. The van der Waals surface area contributed by atoms with Crippen molar-refractivity contribution < 1.29 is 23.4 Å². The van der Waals surface area contributed by atoms with Gasteiger partial charge in [-0.25, -0.2) is 4.39 Å². The first-order chi connectivity index (χ1) is 11.7. The van der Waals surface area contributed by atoms with Crippen LogP contribution in [0.3, 0.4) is 0 Å². The van der Waals surface area contributed by atoms with E-state index < -0.39 is 5.41 Å². The summed E-state index contributed by atoms with van der Waals surface area (Å²) in [5.41, 5.74) is 0.124. The SMILES string of the molecule is O=C(Oc1ccc2c(c1)OCCO2)C1(c2ccc(F)cc2)CCC1. The fourth-order valence-corrected chi connectivity index (χ4v) is 3.20. The Morgan fingerprint density at radius 3 is 2.38 bits per heavy atom. The van der Waals surface area contributed by atoms with E-state index in [-0.39, 0.29) is 11.8 Å². The molecule has 0 unspecified atom stereocenters. The largest absolute Gasteiger partial charge is 0.486 e. The van der Waals surface area contributed by atoms with Gasteiger partial charge in [0.25, 0.3) is 0 Å². The van der Waals surface area contributed by atoms with Gasteiger partial charge in [0, 0.05) is 6.07 Å². The summed E-state index contributed by atoms with van der Waals surface area (Å²) in [6.07, 6.45) is 2.37. The van der Waals surface area contributed by atoms with Crippen molar-refractivity contribution in [3.8, 4) is 17.2 Å². The molecule has 1 saturated carbocycles. The number of ether oxygens (including phenoxy) is 3. The molecule has 4 rings (SSSR count). The monoisotopic (exact) mass is 328 g/mol. The Labute approximate surface area is 139 Å². The van der Waals surface area contributed by atoms with Crippen molar-refractivity contribution >= 4 is 5.97 Å². The Morgan fingerprint density at radius 1 is 1.00 bits per heavy atom. The number of rotatable bonds is 3. The van der Waals surface area contributed by atoms with Crippen molar-refractivity contribution in [2.45, 2.75) is 24.7 Å². The molecular weight excluding hydrogens is 311 g/mol. The number of carbonyl (C=O) groups is 1. The number of esters is 1. The van der Waals surface area contributed by atoms with Gasteiger partial charge < -0.3 is 14.2 Å². The molecule has 2 aliphatic rings. The maximum atomic E-state index is 13.2. The third kappa shape index (κ3) is 2.50. The number of hydrogen-bond donors (Lipinski definition) is 0. The third-order valence-electron chi connectivity index (χ3n) is 4.72. The average molecular weight is 328 g/mol. The van der Waals surface area contributed by atoms with Gasteiger partial charge >= 0.3 is 5.97 Å². The zero-order chi connectivity index (χ0) is 16.6. The van der Waals surface area contributed by atoms with Crippen LogP contribution in [0.4, 0.5) is 4.39 Å². The topological polar surface area (TPSA) is 44.8 Å². The van der Waals surface area contributed by atoms with Crippen molar-refractivity contribution in [3.05, 3.63) is 53.8 Å². The standard InChI is InChI=1S/C19H17FO4/c20-14-4-2-13(3-5-14)19(8-1-9-19)18(21)24-15-6-7-16-17(12-15)23-11-10-22-16/h2-7,12H,1,8-11H2. The van der Waals surface area contributed by atoms with Crippen LogP contribution in [-0.4, -0.2) is 19.2 Å². The van der Waals surface area contributed by atoms with Gasteiger partial charge in [-0.1, -0.05) is 18.6 Å². The minimum atomic E-state index is -0.680. The number of halogens is 1. The maximum absolute atomic E-state index is 13.2. The predicted octanol–water partition coefficient (Wildman–Crippen LogP) is 3.62. The molecule has 124 valence electrons. The molecule has 0 amide bonds. The van der Waals surface area contributed by atoms with Crippen molar-refractivity contribution in [2.75, 3.05) is 13.2 Å². The van der Waals surface area contributed by atoms with Crippen molar-refractivity contribution in [3.63, 3.8) is 0 Å². The lowest BCUT2D eigenvalue weighted by molar-refractivity contribution is -0.144. The Kier molecular flexibility index (Phi) is 3.63. The average Bonchev–Trinajstić information content (AvgIpc) is 2.55. The van der Waals surface area contributed by atoms with Gasteiger partial charge in [0.15, 0.2) is 11.5 Å². The molecular formula is C19H17FO4. The molecule has 1 heterocycles. The molecule has 0 spiro atoms. The second kappa shape index (κ2) is 5.82. The first kappa shape index (κ1) is 15.0. The lowest BCUT2D eigenvalue weighted by Gasteiger charge is -2.39. The van der Waals surface area contributed by atoms with Crippen molar-refractivity contribution in [1.29, 1.82) is 0 Å². The summed E-state index contributed by atoms with van der Waals surface area (Å²) in [5.74, 6) is 1.04. The first-order valence-electron chi connectivity index (χ1n) is 8.05. The van der Waals surface area contributed by atoms with Crippen LogP contribution >= 0.6 is 0 Å². The molecule has 0 aromatic heterocycles. The van der Waals surface area contributed by atoms with Gasteiger partial charge in [-0.15, -0.1) is 0 Å². The van der Waals surface area contributed by atoms with Crippen LogP contribution in [0.1, 0.15) is 24.8 Å². The van der Waals surface area contributed by atoms with Crippen molar-refractivity contribution in [1.82, 2.24) is 0 Å². The van der Waals surface area contributed by atoms with E-state index in [1.807, 2.05) is 0 Å². The molecule has 1 aliphatic carbocycles. The molecule has 0 radical (unpaired) electrons. The van der Waals surface area contributed by atoms with E-state index in [1.54, 1.807) is 30.3 Å². The van der Waals surface area contributed by atoms with Gasteiger partial charge in [-0.3, -0.25) is 4.79 Å². The quantitative estimate of drug-likeness (QED) is 0.638. The molecule has 1 aliphatic heterocycles. The minimum absolute atomic E-state index is 0.308. The van der Waals surface area contributed by atoms with Gasteiger partial charge in [0.2, 0.25) is 0 Å². The van der Waals surface area contributed by atoms with Crippen LogP contribution in [0.25, 0.3) is 0 Å². The maximum Gasteiger partial charge on any atom is 0.321 e. The second-order valence-electron chi connectivity index (χ2n) is 6.14. The van der Waals surface area contributed by atoms with E-state index in [0.717, 1.165) is 12.0 Å². The summed E-state index contributed by atoms with van der Waals surface area (Å²) in [4.78, 5) is 12.8. The summed E-state index contributed by atoms with van der Waals surface area (Å²) in [5, 5.41) is 0. The van der Waals surface area contributed by atoms with E-state index >= 15 is 0 Å². The Hall–Kier alpha value is -2.56. The summed E-state index contributed by atoms with van der Waals surface area (Å²) in [6, 6.07) is 11.2. The van der Waals surface area contributed by atoms with E-state index in [2.05, 4.69) is 0 Å². The summed E-state index contributed by atoms with van der Waals surface area (Å²) >= 11 is 0. The Bertz CT molecular complexity index is 765. The molecule has 1 fully saturated rings. The number of fused-ring (bicyclic) bond motifs is 1. The molecule has 24 heavy (non-hydrogen) atoms. The molecule has 0 bridgehead atoms. The van der Waals surface area contributed by atoms with Gasteiger partial charge in [-0.05, 0) is 42.7 Å². The van der Waals surface area contributed by atoms with Crippen LogP contribution in [-0.2, 0) is 10.2 Å². The highest BCUT2D eigenvalue weighted by molar-refractivity contribution is 5.86. The zero-order valence-electron chi connectivity index (χ0n) is 13.1. The number of hydrogen-bond acceptors (Lipinski definition) is 4. The van der Waals surface area contributed by atoms with Crippen LogP contribution in [0, 0.1) is 5.82 Å². The number of benzene rings is 2. The summed E-state index contributed by atoms with van der Waals surface area (Å²) in [7, 11) is 0. The van der Waals surface area contributed by atoms with Crippen LogP contribution < -0.4 is 14.2 Å². The molecule has 2 aromatic rings. The van der Waals surface area contributed by atoms with Crippen LogP contribution in [0.5, 0.6) is 17.2 Å². The van der Waals surface area contributed by atoms with Crippen LogP contribution in [0.15, 0.2) is 42.5 Å². The second-order valence-corrected chi connectivity index (χ2v) is 6.14. The van der Waals surface area contributed by atoms with E-state index in [9.17, 15) is 9.18 Å². The molecule has 0 saturated heterocycles. The molecule has 0 N–H and O–H groups in total. The summed E-state index contributed by atoms with van der Waals surface area (Å²) in [6.45, 7) is 0.990. The smallest absolute Gasteiger partial charge is 0.321 e. The molecule has 0 atom stereocenters. The van der Waals surface area contributed by atoms with E-state index in [4.69, 9.17) is 14.2 Å². The highest BCUT2D eigenvalue weighted by atomic mass is 19.1. The molecule has 5 heteroatoms. The van der Waals surface area contributed by atoms with E-state index in [1.165, 1.54) is 12.1 Å². The van der Waals surface area contributed by atoms with Crippen molar-refractivity contribution in [2.24, 2.45) is 0 Å². The minimum Gasteiger partial charge on any atom is -0.486 e. The first-order valence-corrected chi connectivity index (χ1v) is 8.05. The number of carbonyl (C=O) groups excluding carboxylic acids is 1. The Balaban J connectivity index is 1.57. The predicted molar refractivity (Wildman–Crippen MR) is 85.0 cm³/mol. The lowest BCUT2D eigenvalue weighted by atomic mass is 9.64. The fourth-order valence-electron chi connectivity index (χ4n) is 3.20. The normalized spacial score (nSPS) is 17.7. The van der Waals surface area contributed by atoms with Gasteiger partial charge in [0.1, 0.15) is 24.8 Å². The molecule has 2 aromatic carbocycles.